The van der Waals surface area contributed by atoms with Crippen molar-refractivity contribution in [2.24, 2.45) is 0 Å². The largest absolute Gasteiger partial charge is 0.490 e. The van der Waals surface area contributed by atoms with E-state index in [-0.39, 0.29) is 5.69 Å². The van der Waals surface area contributed by atoms with Gasteiger partial charge in [0.05, 0.1) is 23.7 Å². The Kier molecular flexibility index (Phi) is 5.25. The van der Waals surface area contributed by atoms with E-state index in [0.717, 1.165) is 28.6 Å². The zero-order valence-corrected chi connectivity index (χ0v) is 15.8. The van der Waals surface area contributed by atoms with Gasteiger partial charge in [0.1, 0.15) is 0 Å². The molecule has 0 N–H and O–H groups in total. The summed E-state index contributed by atoms with van der Waals surface area (Å²) < 4.78 is 17.9. The third-order valence-electron chi connectivity index (χ3n) is 4.38. The number of aromatic nitrogens is 1. The number of nitro groups is 1. The van der Waals surface area contributed by atoms with Gasteiger partial charge >= 0.3 is 5.76 Å². The minimum absolute atomic E-state index is 0.0661. The number of hydrogen-bond donors (Lipinski definition) is 0. The van der Waals surface area contributed by atoms with Crippen molar-refractivity contribution >= 4 is 28.5 Å². The molecule has 0 unspecified atom stereocenters. The van der Waals surface area contributed by atoms with Crippen LogP contribution in [0.25, 0.3) is 11.1 Å². The number of benzene rings is 2. The van der Waals surface area contributed by atoms with E-state index in [9.17, 15) is 14.9 Å². The molecule has 0 saturated carbocycles. The molecular formula is C19H18N2O6S. The van der Waals surface area contributed by atoms with Gasteiger partial charge in [-0.1, -0.05) is 0 Å². The number of nitrogens with zero attached hydrogens (tertiary/aromatic N) is 2. The van der Waals surface area contributed by atoms with Crippen molar-refractivity contribution in [1.82, 2.24) is 4.57 Å². The molecule has 0 fully saturated rings. The highest BCUT2D eigenvalue weighted by atomic mass is 32.2. The summed E-state index contributed by atoms with van der Waals surface area (Å²) in [6, 6.07) is 10.0. The monoisotopic (exact) mass is 402 g/mol. The molecule has 0 bridgehead atoms. The Morgan fingerprint density at radius 2 is 1.93 bits per heavy atom. The minimum Gasteiger partial charge on any atom is -0.490 e. The lowest BCUT2D eigenvalue weighted by atomic mass is 10.3. The molecule has 1 aromatic heterocycles. The van der Waals surface area contributed by atoms with Crippen molar-refractivity contribution in [2.45, 2.75) is 24.3 Å². The van der Waals surface area contributed by atoms with Gasteiger partial charge in [-0.15, -0.1) is 11.8 Å². The van der Waals surface area contributed by atoms with Gasteiger partial charge in [-0.25, -0.2) is 4.79 Å². The van der Waals surface area contributed by atoms with Gasteiger partial charge in [0, 0.05) is 30.0 Å². The van der Waals surface area contributed by atoms with Crippen LogP contribution in [-0.4, -0.2) is 28.5 Å². The highest BCUT2D eigenvalue weighted by molar-refractivity contribution is 7.99. The zero-order valence-electron chi connectivity index (χ0n) is 15.0. The number of fused-ring (bicyclic) bond motifs is 2. The fourth-order valence-corrected chi connectivity index (χ4v) is 3.89. The fourth-order valence-electron chi connectivity index (χ4n) is 3.02. The maximum Gasteiger partial charge on any atom is 0.419 e. The Morgan fingerprint density at radius 1 is 1.11 bits per heavy atom. The molecule has 8 nitrogen and oxygen atoms in total. The summed E-state index contributed by atoms with van der Waals surface area (Å²) in [7, 11) is 0. The second-order valence-corrected chi connectivity index (χ2v) is 7.46. The van der Waals surface area contributed by atoms with E-state index >= 15 is 0 Å². The van der Waals surface area contributed by atoms with Gasteiger partial charge in [0.15, 0.2) is 17.1 Å². The number of aryl methyl sites for hydroxylation is 1. The molecule has 0 spiro atoms. The third-order valence-corrected chi connectivity index (χ3v) is 5.46. The lowest BCUT2D eigenvalue weighted by Crippen LogP contribution is -2.14. The van der Waals surface area contributed by atoms with Crippen molar-refractivity contribution in [2.75, 3.05) is 19.0 Å². The quantitative estimate of drug-likeness (QED) is 0.267. The van der Waals surface area contributed by atoms with Crippen LogP contribution in [-0.2, 0) is 6.54 Å². The Morgan fingerprint density at radius 3 is 2.75 bits per heavy atom. The average Bonchev–Trinajstić information content (AvgIpc) is 2.85. The molecule has 0 aliphatic carbocycles. The first-order valence-electron chi connectivity index (χ1n) is 8.92. The Balaban J connectivity index is 1.41. The number of thioether (sulfide) groups is 1. The van der Waals surface area contributed by atoms with Crippen molar-refractivity contribution < 1.29 is 18.8 Å². The molecule has 0 atom stereocenters. The smallest absolute Gasteiger partial charge is 0.419 e. The molecule has 3 aromatic rings. The standard InChI is InChI=1S/C19H18N2O6S/c22-19-20(15-11-13(21(23)24)3-5-16(15)27-19)7-1-10-28-14-4-6-17-18(12-14)26-9-2-8-25-17/h3-6,11-12H,1-2,7-10H2. The van der Waals surface area contributed by atoms with Crippen molar-refractivity contribution in [3.63, 3.8) is 0 Å². The average molecular weight is 402 g/mol. The first-order valence-corrected chi connectivity index (χ1v) is 9.90. The summed E-state index contributed by atoms with van der Waals surface area (Å²) >= 11 is 1.65. The summed E-state index contributed by atoms with van der Waals surface area (Å²) in [5.74, 6) is 1.79. The van der Waals surface area contributed by atoms with E-state index in [4.69, 9.17) is 13.9 Å². The number of oxazole rings is 1. The van der Waals surface area contributed by atoms with E-state index in [1.165, 1.54) is 22.8 Å². The van der Waals surface area contributed by atoms with Gasteiger partial charge in [-0.3, -0.25) is 14.7 Å². The number of hydrogen-bond acceptors (Lipinski definition) is 7. The molecule has 146 valence electrons. The first-order chi connectivity index (χ1) is 13.6. The number of nitro benzene ring substituents is 1. The van der Waals surface area contributed by atoms with Gasteiger partial charge in [-0.05, 0) is 36.4 Å². The van der Waals surface area contributed by atoms with Crippen LogP contribution in [0.1, 0.15) is 12.8 Å². The van der Waals surface area contributed by atoms with Crippen molar-refractivity contribution in [1.29, 1.82) is 0 Å². The number of rotatable bonds is 6. The number of ether oxygens (including phenoxy) is 2. The van der Waals surface area contributed by atoms with Crippen LogP contribution in [0.15, 0.2) is 50.5 Å². The Hall–Kier alpha value is -2.94. The van der Waals surface area contributed by atoms with Crippen LogP contribution < -0.4 is 15.2 Å². The zero-order chi connectivity index (χ0) is 19.5. The number of non-ortho nitro benzene ring substituents is 1. The van der Waals surface area contributed by atoms with Crippen molar-refractivity contribution in [3.8, 4) is 11.5 Å². The van der Waals surface area contributed by atoms with Crippen LogP contribution in [0.3, 0.4) is 0 Å². The lowest BCUT2D eigenvalue weighted by molar-refractivity contribution is -0.384. The van der Waals surface area contributed by atoms with E-state index in [1.54, 1.807) is 11.8 Å². The van der Waals surface area contributed by atoms with Gasteiger partial charge in [-0.2, -0.15) is 0 Å². The second kappa shape index (κ2) is 7.97. The molecule has 1 aliphatic rings. The molecule has 0 saturated heterocycles. The Bertz CT molecular complexity index is 1070. The normalized spacial score (nSPS) is 13.4. The topological polar surface area (TPSA) is 96.7 Å². The van der Waals surface area contributed by atoms with E-state index < -0.39 is 10.7 Å². The van der Waals surface area contributed by atoms with Gasteiger partial charge in [0.25, 0.3) is 5.69 Å². The van der Waals surface area contributed by atoms with E-state index in [2.05, 4.69) is 0 Å². The maximum absolute atomic E-state index is 12.1. The molecule has 2 aromatic carbocycles. The van der Waals surface area contributed by atoms with Gasteiger partial charge < -0.3 is 13.9 Å². The van der Waals surface area contributed by atoms with E-state index in [0.29, 0.717) is 37.3 Å². The van der Waals surface area contributed by atoms with Crippen LogP contribution in [0, 0.1) is 10.1 Å². The maximum atomic E-state index is 12.1. The summed E-state index contributed by atoms with van der Waals surface area (Å²) in [4.78, 5) is 23.6. The van der Waals surface area contributed by atoms with Crippen LogP contribution >= 0.6 is 11.8 Å². The summed E-state index contributed by atoms with van der Waals surface area (Å²) in [6.45, 7) is 1.72. The van der Waals surface area contributed by atoms with Gasteiger partial charge in [0.2, 0.25) is 0 Å². The molecule has 1 aliphatic heterocycles. The summed E-state index contributed by atoms with van der Waals surface area (Å²) in [5, 5.41) is 11.0. The predicted octanol–water partition coefficient (Wildman–Crippen LogP) is 3.85. The summed E-state index contributed by atoms with van der Waals surface area (Å²) in [6.07, 6.45) is 1.57. The highest BCUT2D eigenvalue weighted by Crippen LogP contribution is 2.34. The predicted molar refractivity (Wildman–Crippen MR) is 105 cm³/mol. The van der Waals surface area contributed by atoms with Crippen LogP contribution in [0.4, 0.5) is 5.69 Å². The minimum atomic E-state index is -0.504. The molecule has 2 heterocycles. The molecule has 28 heavy (non-hydrogen) atoms. The van der Waals surface area contributed by atoms with Crippen LogP contribution in [0.5, 0.6) is 11.5 Å². The van der Waals surface area contributed by atoms with Crippen LogP contribution in [0.2, 0.25) is 0 Å². The molecule has 0 radical (unpaired) electrons. The van der Waals surface area contributed by atoms with E-state index in [1.807, 2.05) is 18.2 Å². The molecule has 4 rings (SSSR count). The lowest BCUT2D eigenvalue weighted by Gasteiger charge is -2.09. The molecule has 0 amide bonds. The first kappa shape index (κ1) is 18.4. The SMILES string of the molecule is O=c1oc2ccc([N+](=O)[O-])cc2n1CCCSc1ccc2c(c1)OCCCO2. The third kappa shape index (κ3) is 3.84. The second-order valence-electron chi connectivity index (χ2n) is 6.29. The highest BCUT2D eigenvalue weighted by Gasteiger charge is 2.14. The Labute approximate surface area is 164 Å². The summed E-state index contributed by atoms with van der Waals surface area (Å²) in [5.41, 5.74) is 0.731. The molecular weight excluding hydrogens is 384 g/mol. The van der Waals surface area contributed by atoms with Crippen molar-refractivity contribution in [3.05, 3.63) is 57.1 Å². The fraction of sp³-hybridized carbons (Fsp3) is 0.316. The molecule has 9 heteroatoms.